The molecule has 0 aliphatic rings. The van der Waals surface area contributed by atoms with Crippen LogP contribution in [0.1, 0.15) is 16.8 Å². The normalized spacial score (nSPS) is 10.1. The third-order valence-corrected chi connectivity index (χ3v) is 3.15. The van der Waals surface area contributed by atoms with Gasteiger partial charge < -0.3 is 5.32 Å². The van der Waals surface area contributed by atoms with Crippen LogP contribution in [0.15, 0.2) is 59.1 Å². The molecular weight excluding hydrogens is 290 g/mol. The Morgan fingerprint density at radius 3 is 2.33 bits per heavy atom. The van der Waals surface area contributed by atoms with E-state index in [1.165, 1.54) is 0 Å². The van der Waals surface area contributed by atoms with Gasteiger partial charge in [-0.25, -0.2) is 0 Å². The van der Waals surface area contributed by atoms with E-state index in [1.54, 1.807) is 0 Å². The van der Waals surface area contributed by atoms with Gasteiger partial charge in [-0.05, 0) is 24.3 Å². The molecule has 2 aromatic rings. The van der Waals surface area contributed by atoms with Crippen molar-refractivity contribution in [1.29, 1.82) is 0 Å². The zero-order valence-corrected chi connectivity index (χ0v) is 11.5. The molecule has 0 radical (unpaired) electrons. The van der Waals surface area contributed by atoms with Crippen molar-refractivity contribution >= 4 is 27.4 Å². The number of carbonyl (C=O) groups is 1. The number of nitrogens with one attached hydrogen (secondary N) is 1. The van der Waals surface area contributed by atoms with Crippen molar-refractivity contribution in [3.8, 4) is 0 Å². The first kappa shape index (κ1) is 12.8. The maximum Gasteiger partial charge on any atom is 0.164 e. The lowest BCUT2D eigenvalue weighted by molar-refractivity contribution is 0.0986. The van der Waals surface area contributed by atoms with E-state index in [9.17, 15) is 4.79 Å². The molecule has 2 aromatic carbocycles. The largest absolute Gasteiger partial charge is 0.385 e. The van der Waals surface area contributed by atoms with Gasteiger partial charge in [0.25, 0.3) is 0 Å². The minimum absolute atomic E-state index is 0.158. The summed E-state index contributed by atoms with van der Waals surface area (Å²) < 4.78 is 0.987. The van der Waals surface area contributed by atoms with Crippen molar-refractivity contribution in [2.24, 2.45) is 0 Å². The zero-order valence-electron chi connectivity index (χ0n) is 9.90. The number of halogens is 1. The van der Waals surface area contributed by atoms with Crippen LogP contribution in [-0.4, -0.2) is 12.3 Å². The standard InChI is InChI=1S/C15H14BrNO/c16-13-8-6-12(7-9-13)15(18)10-11-17-14-4-2-1-3-5-14/h1-9,17H,10-11H2. The fraction of sp³-hybridized carbons (Fsp3) is 0.133. The van der Waals surface area contributed by atoms with Crippen molar-refractivity contribution in [3.05, 3.63) is 64.6 Å². The SMILES string of the molecule is O=C(CCNc1ccccc1)c1ccc(Br)cc1. The Bertz CT molecular complexity index is 508. The number of ketones is 1. The predicted molar refractivity (Wildman–Crippen MR) is 78.0 cm³/mol. The van der Waals surface area contributed by atoms with Crippen LogP contribution in [-0.2, 0) is 0 Å². The van der Waals surface area contributed by atoms with Gasteiger partial charge in [0.15, 0.2) is 5.78 Å². The van der Waals surface area contributed by atoms with Crippen molar-refractivity contribution in [3.63, 3.8) is 0 Å². The molecule has 92 valence electrons. The summed E-state index contributed by atoms with van der Waals surface area (Å²) in [4.78, 5) is 11.9. The Labute approximate surface area is 115 Å². The highest BCUT2D eigenvalue weighted by atomic mass is 79.9. The molecule has 0 amide bonds. The van der Waals surface area contributed by atoms with E-state index in [-0.39, 0.29) is 5.78 Å². The summed E-state index contributed by atoms with van der Waals surface area (Å²) in [6.07, 6.45) is 0.497. The lowest BCUT2D eigenvalue weighted by Crippen LogP contribution is -2.08. The van der Waals surface area contributed by atoms with Crippen molar-refractivity contribution in [1.82, 2.24) is 0 Å². The molecule has 0 unspecified atom stereocenters. The summed E-state index contributed by atoms with van der Waals surface area (Å²) >= 11 is 3.35. The summed E-state index contributed by atoms with van der Waals surface area (Å²) in [6, 6.07) is 17.4. The number of Topliss-reactive ketones (excluding diaryl/α,β-unsaturated/α-hetero) is 1. The smallest absolute Gasteiger partial charge is 0.164 e. The lowest BCUT2D eigenvalue weighted by atomic mass is 10.1. The summed E-state index contributed by atoms with van der Waals surface area (Å²) in [5, 5.41) is 3.23. The molecular formula is C15H14BrNO. The quantitative estimate of drug-likeness (QED) is 0.841. The number of anilines is 1. The third kappa shape index (κ3) is 3.70. The Morgan fingerprint density at radius 1 is 1.00 bits per heavy atom. The van der Waals surface area contributed by atoms with Crippen molar-refractivity contribution in [2.75, 3.05) is 11.9 Å². The molecule has 0 aliphatic carbocycles. The summed E-state index contributed by atoms with van der Waals surface area (Å²) in [5.41, 5.74) is 1.80. The fourth-order valence-electron chi connectivity index (χ4n) is 1.66. The van der Waals surface area contributed by atoms with E-state index in [4.69, 9.17) is 0 Å². The van der Waals surface area contributed by atoms with Crippen molar-refractivity contribution < 1.29 is 4.79 Å². The Morgan fingerprint density at radius 2 is 1.67 bits per heavy atom. The van der Waals surface area contributed by atoms with E-state index >= 15 is 0 Å². The molecule has 0 aliphatic heterocycles. The number of hydrogen-bond acceptors (Lipinski definition) is 2. The van der Waals surface area contributed by atoms with Gasteiger partial charge in [-0.3, -0.25) is 4.79 Å². The van der Waals surface area contributed by atoms with Crippen LogP contribution in [0.25, 0.3) is 0 Å². The van der Waals surface area contributed by atoms with Crippen LogP contribution in [0, 0.1) is 0 Å². The molecule has 2 nitrogen and oxygen atoms in total. The highest BCUT2D eigenvalue weighted by molar-refractivity contribution is 9.10. The Kier molecular flexibility index (Phi) is 4.53. The molecule has 0 atom stereocenters. The van der Waals surface area contributed by atoms with E-state index in [1.807, 2.05) is 54.6 Å². The average Bonchev–Trinajstić information content (AvgIpc) is 2.40. The van der Waals surface area contributed by atoms with Gasteiger partial charge in [-0.1, -0.05) is 46.3 Å². The van der Waals surface area contributed by atoms with Crippen LogP contribution in [0.4, 0.5) is 5.69 Å². The van der Waals surface area contributed by atoms with Gasteiger partial charge in [0, 0.05) is 28.7 Å². The highest BCUT2D eigenvalue weighted by Gasteiger charge is 2.04. The Balaban J connectivity index is 1.84. The second-order valence-corrected chi connectivity index (χ2v) is 4.89. The Hall–Kier alpha value is -1.61. The second-order valence-electron chi connectivity index (χ2n) is 3.97. The molecule has 0 spiro atoms. The van der Waals surface area contributed by atoms with Gasteiger partial charge in [0.05, 0.1) is 0 Å². The topological polar surface area (TPSA) is 29.1 Å². The van der Waals surface area contributed by atoms with Gasteiger partial charge in [-0.15, -0.1) is 0 Å². The molecule has 0 aromatic heterocycles. The first-order valence-electron chi connectivity index (χ1n) is 5.83. The molecule has 2 rings (SSSR count). The van der Waals surface area contributed by atoms with Gasteiger partial charge in [-0.2, -0.15) is 0 Å². The zero-order chi connectivity index (χ0) is 12.8. The highest BCUT2D eigenvalue weighted by Crippen LogP contribution is 2.12. The maximum atomic E-state index is 11.9. The maximum absolute atomic E-state index is 11.9. The van der Waals surface area contributed by atoms with E-state index < -0.39 is 0 Å². The summed E-state index contributed by atoms with van der Waals surface area (Å²) in [6.45, 7) is 0.652. The van der Waals surface area contributed by atoms with Crippen LogP contribution in [0.5, 0.6) is 0 Å². The van der Waals surface area contributed by atoms with E-state index in [0.29, 0.717) is 13.0 Å². The van der Waals surface area contributed by atoms with Gasteiger partial charge in [0.1, 0.15) is 0 Å². The van der Waals surface area contributed by atoms with Crippen LogP contribution in [0.3, 0.4) is 0 Å². The molecule has 0 bridgehead atoms. The van der Waals surface area contributed by atoms with E-state index in [0.717, 1.165) is 15.7 Å². The first-order chi connectivity index (χ1) is 8.75. The molecule has 18 heavy (non-hydrogen) atoms. The van der Waals surface area contributed by atoms with Crippen LogP contribution < -0.4 is 5.32 Å². The monoisotopic (exact) mass is 303 g/mol. The summed E-state index contributed by atoms with van der Waals surface area (Å²) in [5.74, 6) is 0.158. The predicted octanol–water partition coefficient (Wildman–Crippen LogP) is 4.13. The number of rotatable bonds is 5. The van der Waals surface area contributed by atoms with Gasteiger partial charge >= 0.3 is 0 Å². The average molecular weight is 304 g/mol. The molecule has 0 fully saturated rings. The third-order valence-electron chi connectivity index (χ3n) is 2.62. The molecule has 0 saturated carbocycles. The van der Waals surface area contributed by atoms with Gasteiger partial charge in [0.2, 0.25) is 0 Å². The minimum Gasteiger partial charge on any atom is -0.385 e. The van der Waals surface area contributed by atoms with Crippen molar-refractivity contribution in [2.45, 2.75) is 6.42 Å². The molecule has 0 heterocycles. The lowest BCUT2D eigenvalue weighted by Gasteiger charge is -2.05. The summed E-state index contributed by atoms with van der Waals surface area (Å²) in [7, 11) is 0. The molecule has 1 N–H and O–H groups in total. The molecule has 3 heteroatoms. The number of hydrogen-bond donors (Lipinski definition) is 1. The molecule has 0 saturated heterocycles. The number of carbonyl (C=O) groups excluding carboxylic acids is 1. The first-order valence-corrected chi connectivity index (χ1v) is 6.63. The minimum atomic E-state index is 0.158. The fourth-order valence-corrected chi connectivity index (χ4v) is 1.92. The van der Waals surface area contributed by atoms with Crippen LogP contribution >= 0.6 is 15.9 Å². The van der Waals surface area contributed by atoms with E-state index in [2.05, 4.69) is 21.2 Å². The van der Waals surface area contributed by atoms with Crippen LogP contribution in [0.2, 0.25) is 0 Å². The number of para-hydroxylation sites is 1. The number of benzene rings is 2. The second kappa shape index (κ2) is 6.36.